The molecule has 25 heavy (non-hydrogen) atoms. The number of allylic oxidation sites excluding steroid dienone is 1. The predicted octanol–water partition coefficient (Wildman–Crippen LogP) is 7.51. The molecule has 1 aromatic rings. The van der Waals surface area contributed by atoms with Crippen LogP contribution in [0.3, 0.4) is 0 Å². The summed E-state index contributed by atoms with van der Waals surface area (Å²) in [6.07, 6.45) is 19.9. The van der Waals surface area contributed by atoms with E-state index in [2.05, 4.69) is 44.2 Å². The van der Waals surface area contributed by atoms with E-state index in [4.69, 9.17) is 4.74 Å². The second-order valence-corrected chi connectivity index (χ2v) is 8.19. The first-order valence-corrected chi connectivity index (χ1v) is 10.8. The Labute approximate surface area is 154 Å². The highest BCUT2D eigenvalue weighted by molar-refractivity contribution is 5.61. The van der Waals surface area contributed by atoms with Crippen molar-refractivity contribution < 1.29 is 4.74 Å². The van der Waals surface area contributed by atoms with Gasteiger partial charge in [-0.15, -0.1) is 0 Å². The first kappa shape index (κ1) is 18.5. The number of hydrogen-bond donors (Lipinski definition) is 0. The molecule has 0 spiro atoms. The van der Waals surface area contributed by atoms with Gasteiger partial charge in [-0.2, -0.15) is 0 Å². The number of rotatable bonds is 6. The highest BCUT2D eigenvalue weighted by Crippen LogP contribution is 2.40. The van der Waals surface area contributed by atoms with Crippen molar-refractivity contribution in [3.63, 3.8) is 0 Å². The van der Waals surface area contributed by atoms with Gasteiger partial charge in [0.2, 0.25) is 0 Å². The van der Waals surface area contributed by atoms with Gasteiger partial charge in [0, 0.05) is 5.56 Å². The predicted molar refractivity (Wildman–Crippen MR) is 108 cm³/mol. The molecule has 1 nitrogen and oxygen atoms in total. The molecule has 0 radical (unpaired) electrons. The van der Waals surface area contributed by atoms with E-state index in [0.29, 0.717) is 5.92 Å². The number of benzene rings is 1. The highest BCUT2D eigenvalue weighted by Gasteiger charge is 2.21. The van der Waals surface area contributed by atoms with Crippen molar-refractivity contribution >= 4 is 6.08 Å². The summed E-state index contributed by atoms with van der Waals surface area (Å²) in [4.78, 5) is 0. The third kappa shape index (κ3) is 5.12. The van der Waals surface area contributed by atoms with Crippen LogP contribution in [0.25, 0.3) is 6.08 Å². The van der Waals surface area contributed by atoms with E-state index < -0.39 is 0 Å². The van der Waals surface area contributed by atoms with Gasteiger partial charge < -0.3 is 4.74 Å². The Balaban J connectivity index is 1.85. The normalized spacial score (nSPS) is 21.5. The molecule has 0 amide bonds. The van der Waals surface area contributed by atoms with Crippen LogP contribution in [0.4, 0.5) is 0 Å². The number of ether oxygens (including phenoxy) is 1. The van der Waals surface area contributed by atoms with Crippen molar-refractivity contribution in [2.75, 3.05) is 0 Å². The quantitative estimate of drug-likeness (QED) is 0.520. The lowest BCUT2D eigenvalue weighted by atomic mass is 9.82. The Morgan fingerprint density at radius 1 is 1.00 bits per heavy atom. The van der Waals surface area contributed by atoms with Gasteiger partial charge in [-0.05, 0) is 56.4 Å². The van der Waals surface area contributed by atoms with Crippen LogP contribution < -0.4 is 4.74 Å². The van der Waals surface area contributed by atoms with Crippen LogP contribution in [0.1, 0.15) is 102 Å². The zero-order valence-electron chi connectivity index (χ0n) is 16.3. The summed E-state index contributed by atoms with van der Waals surface area (Å²) in [5, 5.41) is 0. The molecule has 0 aromatic heterocycles. The zero-order valence-corrected chi connectivity index (χ0v) is 16.3. The van der Waals surface area contributed by atoms with Gasteiger partial charge >= 0.3 is 0 Å². The molecule has 1 heteroatoms. The fourth-order valence-electron chi connectivity index (χ4n) is 4.43. The van der Waals surface area contributed by atoms with Crippen molar-refractivity contribution in [2.45, 2.75) is 96.5 Å². The summed E-state index contributed by atoms with van der Waals surface area (Å²) in [6.45, 7) is 4.41. The maximum atomic E-state index is 6.47. The fourth-order valence-corrected chi connectivity index (χ4v) is 4.43. The largest absolute Gasteiger partial charge is 0.490 e. The van der Waals surface area contributed by atoms with E-state index in [1.807, 2.05) is 0 Å². The van der Waals surface area contributed by atoms with Crippen molar-refractivity contribution in [1.82, 2.24) is 0 Å². The summed E-state index contributed by atoms with van der Waals surface area (Å²) < 4.78 is 6.47. The maximum Gasteiger partial charge on any atom is 0.130 e. The molecule has 0 heterocycles. The van der Waals surface area contributed by atoms with Crippen molar-refractivity contribution in [3.8, 4) is 5.75 Å². The molecule has 138 valence electrons. The van der Waals surface area contributed by atoms with Crippen LogP contribution in [-0.4, -0.2) is 6.10 Å². The first-order valence-electron chi connectivity index (χ1n) is 10.8. The Bertz CT molecular complexity index is 547. The van der Waals surface area contributed by atoms with E-state index in [1.165, 1.54) is 81.1 Å². The molecule has 2 aliphatic rings. The summed E-state index contributed by atoms with van der Waals surface area (Å²) in [7, 11) is 0. The Morgan fingerprint density at radius 3 is 2.36 bits per heavy atom. The third-order valence-electron chi connectivity index (χ3n) is 6.21. The second kappa shape index (κ2) is 9.46. The molecule has 0 unspecified atom stereocenters. The molecule has 2 fully saturated rings. The van der Waals surface area contributed by atoms with Crippen LogP contribution >= 0.6 is 0 Å². The average molecular weight is 341 g/mol. The SMILES string of the molecule is CC[C@@H](C)Oc1c(/C=C/C2CCCCC2)cccc1C1CCCCC1. The van der Waals surface area contributed by atoms with Crippen molar-refractivity contribution in [3.05, 3.63) is 35.4 Å². The van der Waals surface area contributed by atoms with Crippen LogP contribution in [0, 0.1) is 5.92 Å². The Morgan fingerprint density at radius 2 is 1.68 bits per heavy atom. The average Bonchev–Trinajstić information content (AvgIpc) is 2.68. The third-order valence-corrected chi connectivity index (χ3v) is 6.21. The topological polar surface area (TPSA) is 9.23 Å². The van der Waals surface area contributed by atoms with Crippen molar-refractivity contribution in [2.24, 2.45) is 5.92 Å². The standard InChI is InChI=1S/C24H36O/c1-3-19(2)25-24-22(18-17-20-11-6-4-7-12-20)15-10-16-23(24)21-13-8-5-9-14-21/h10,15-21H,3-9,11-14H2,1-2H3/b18-17+/t19-/m1/s1. The van der Waals surface area contributed by atoms with Gasteiger partial charge in [-0.1, -0.05) is 75.8 Å². The Kier molecular flexibility index (Phi) is 7.02. The van der Waals surface area contributed by atoms with E-state index in [1.54, 1.807) is 0 Å². The maximum absolute atomic E-state index is 6.47. The molecule has 0 aliphatic heterocycles. The molecule has 0 saturated heterocycles. The monoisotopic (exact) mass is 340 g/mol. The number of hydrogen-bond acceptors (Lipinski definition) is 1. The van der Waals surface area contributed by atoms with E-state index in [0.717, 1.165) is 12.3 Å². The fraction of sp³-hybridized carbons (Fsp3) is 0.667. The number of para-hydroxylation sites is 1. The van der Waals surface area contributed by atoms with E-state index in [9.17, 15) is 0 Å². The van der Waals surface area contributed by atoms with Gasteiger partial charge in [0.25, 0.3) is 0 Å². The molecule has 1 atom stereocenters. The molecule has 3 rings (SSSR count). The van der Waals surface area contributed by atoms with E-state index >= 15 is 0 Å². The first-order chi connectivity index (χ1) is 12.3. The lowest BCUT2D eigenvalue weighted by molar-refractivity contribution is 0.212. The summed E-state index contributed by atoms with van der Waals surface area (Å²) >= 11 is 0. The summed E-state index contributed by atoms with van der Waals surface area (Å²) in [5.74, 6) is 2.63. The minimum Gasteiger partial charge on any atom is -0.490 e. The van der Waals surface area contributed by atoms with Crippen LogP contribution in [-0.2, 0) is 0 Å². The Hall–Kier alpha value is -1.24. The molecular formula is C24H36O. The summed E-state index contributed by atoms with van der Waals surface area (Å²) in [5.41, 5.74) is 2.76. The van der Waals surface area contributed by atoms with Crippen LogP contribution in [0.2, 0.25) is 0 Å². The lowest BCUT2D eigenvalue weighted by Crippen LogP contribution is -2.14. The van der Waals surface area contributed by atoms with Crippen molar-refractivity contribution in [1.29, 1.82) is 0 Å². The molecule has 2 aliphatic carbocycles. The van der Waals surface area contributed by atoms with Crippen LogP contribution in [0.5, 0.6) is 5.75 Å². The van der Waals surface area contributed by atoms with E-state index in [-0.39, 0.29) is 6.10 Å². The molecular weight excluding hydrogens is 304 g/mol. The van der Waals surface area contributed by atoms with Gasteiger partial charge in [0.1, 0.15) is 5.75 Å². The minimum atomic E-state index is 0.284. The molecule has 2 saturated carbocycles. The smallest absolute Gasteiger partial charge is 0.130 e. The highest BCUT2D eigenvalue weighted by atomic mass is 16.5. The lowest BCUT2D eigenvalue weighted by Gasteiger charge is -2.27. The van der Waals surface area contributed by atoms with Gasteiger partial charge in [-0.25, -0.2) is 0 Å². The van der Waals surface area contributed by atoms with Gasteiger partial charge in [-0.3, -0.25) is 0 Å². The van der Waals surface area contributed by atoms with Gasteiger partial charge in [0.05, 0.1) is 6.10 Å². The molecule has 1 aromatic carbocycles. The molecule has 0 N–H and O–H groups in total. The zero-order chi connectivity index (χ0) is 17.5. The van der Waals surface area contributed by atoms with Crippen LogP contribution in [0.15, 0.2) is 24.3 Å². The summed E-state index contributed by atoms with van der Waals surface area (Å²) in [6, 6.07) is 6.82. The minimum absolute atomic E-state index is 0.284. The van der Waals surface area contributed by atoms with Gasteiger partial charge in [0.15, 0.2) is 0 Å². The second-order valence-electron chi connectivity index (χ2n) is 8.19. The molecule has 0 bridgehead atoms.